The molecular weight excluding hydrogens is 268 g/mol. The molecule has 0 bridgehead atoms. The Balaban J connectivity index is 1.72. The van der Waals surface area contributed by atoms with Gasteiger partial charge in [0.15, 0.2) is 0 Å². The van der Waals surface area contributed by atoms with Crippen LogP contribution in [0, 0.1) is 0 Å². The molecule has 0 atom stereocenters. The van der Waals surface area contributed by atoms with E-state index in [1.165, 1.54) is 32.9 Å². The quantitative estimate of drug-likeness (QED) is 0.509. The van der Waals surface area contributed by atoms with Gasteiger partial charge in [0.1, 0.15) is 0 Å². The summed E-state index contributed by atoms with van der Waals surface area (Å²) < 4.78 is 0. The van der Waals surface area contributed by atoms with Gasteiger partial charge in [-0.25, -0.2) is 0 Å². The number of hydrogen-bond donors (Lipinski definition) is 1. The van der Waals surface area contributed by atoms with Crippen LogP contribution in [0.25, 0.3) is 21.8 Å². The summed E-state index contributed by atoms with van der Waals surface area (Å²) in [6, 6.07) is 23.3. The van der Waals surface area contributed by atoms with Crippen LogP contribution in [-0.4, -0.2) is 10.7 Å². The van der Waals surface area contributed by atoms with Gasteiger partial charge in [0.2, 0.25) is 0 Å². The molecule has 1 aliphatic heterocycles. The van der Waals surface area contributed by atoms with E-state index in [2.05, 4.69) is 65.6 Å². The number of para-hydroxylation sites is 1. The highest BCUT2D eigenvalue weighted by Crippen LogP contribution is 2.37. The number of hydrogen-bond acceptors (Lipinski definition) is 1. The Hall–Kier alpha value is -2.87. The third-order valence-corrected chi connectivity index (χ3v) is 4.47. The molecule has 0 radical (unpaired) electrons. The Bertz CT molecular complexity index is 1040. The molecule has 4 aromatic rings. The lowest BCUT2D eigenvalue weighted by Gasteiger charge is -2.00. The molecule has 0 saturated carbocycles. The Morgan fingerprint density at radius 1 is 0.773 bits per heavy atom. The smallest absolute Gasteiger partial charge is 0.0690 e. The summed E-state index contributed by atoms with van der Waals surface area (Å²) >= 11 is 0. The number of benzene rings is 3. The second kappa shape index (κ2) is 4.31. The minimum Gasteiger partial charge on any atom is -0.354 e. The maximum Gasteiger partial charge on any atom is 0.0690 e. The standard InChI is InChI=1S/C20H14N2/c1-2-6-13(7-3-1)19-12-16-18(21-19)11-10-15-14-8-4-5-9-17(14)22-20(15)16/h1-11,22H,12H2. The second-order valence-corrected chi connectivity index (χ2v) is 5.76. The van der Waals surface area contributed by atoms with E-state index in [4.69, 9.17) is 4.99 Å². The van der Waals surface area contributed by atoms with Crippen LogP contribution in [0.2, 0.25) is 0 Å². The molecule has 0 spiro atoms. The van der Waals surface area contributed by atoms with Gasteiger partial charge < -0.3 is 4.98 Å². The molecule has 1 N–H and O–H groups in total. The maximum atomic E-state index is 4.84. The van der Waals surface area contributed by atoms with Crippen molar-refractivity contribution in [3.63, 3.8) is 0 Å². The van der Waals surface area contributed by atoms with Crippen molar-refractivity contribution in [1.29, 1.82) is 0 Å². The van der Waals surface area contributed by atoms with Crippen molar-refractivity contribution in [2.24, 2.45) is 4.99 Å². The normalized spacial score (nSPS) is 13.5. The molecule has 3 aromatic carbocycles. The second-order valence-electron chi connectivity index (χ2n) is 5.76. The Morgan fingerprint density at radius 2 is 1.59 bits per heavy atom. The molecule has 1 aliphatic rings. The molecular formula is C20H14N2. The largest absolute Gasteiger partial charge is 0.354 e. The molecule has 0 aliphatic carbocycles. The van der Waals surface area contributed by atoms with Gasteiger partial charge >= 0.3 is 0 Å². The number of aliphatic imine (C=N–C) groups is 1. The molecule has 0 unspecified atom stereocenters. The average molecular weight is 282 g/mol. The molecule has 2 heteroatoms. The molecule has 2 nitrogen and oxygen atoms in total. The minimum absolute atomic E-state index is 0.892. The molecule has 22 heavy (non-hydrogen) atoms. The van der Waals surface area contributed by atoms with Gasteiger partial charge in [0, 0.05) is 28.3 Å². The van der Waals surface area contributed by atoms with Crippen molar-refractivity contribution in [3.05, 3.63) is 77.9 Å². The summed E-state index contributed by atoms with van der Waals surface area (Å²) in [5.41, 5.74) is 7.20. The molecule has 0 amide bonds. The van der Waals surface area contributed by atoms with Gasteiger partial charge in [0.25, 0.3) is 0 Å². The van der Waals surface area contributed by atoms with Crippen molar-refractivity contribution < 1.29 is 0 Å². The monoisotopic (exact) mass is 282 g/mol. The highest BCUT2D eigenvalue weighted by atomic mass is 14.8. The lowest BCUT2D eigenvalue weighted by molar-refractivity contribution is 1.39. The van der Waals surface area contributed by atoms with E-state index < -0.39 is 0 Å². The van der Waals surface area contributed by atoms with Crippen LogP contribution in [0.4, 0.5) is 5.69 Å². The third kappa shape index (κ3) is 1.58. The summed E-state index contributed by atoms with van der Waals surface area (Å²) in [6.45, 7) is 0. The summed E-state index contributed by atoms with van der Waals surface area (Å²) in [4.78, 5) is 8.42. The van der Waals surface area contributed by atoms with E-state index >= 15 is 0 Å². The van der Waals surface area contributed by atoms with Gasteiger partial charge in [0.05, 0.1) is 16.9 Å². The molecule has 2 heterocycles. The number of aromatic nitrogens is 1. The molecule has 0 fully saturated rings. The Labute approximate surface area is 128 Å². The van der Waals surface area contributed by atoms with Crippen LogP contribution in [0.5, 0.6) is 0 Å². The van der Waals surface area contributed by atoms with E-state index in [0.717, 1.165) is 17.8 Å². The zero-order valence-corrected chi connectivity index (χ0v) is 12.0. The third-order valence-electron chi connectivity index (χ3n) is 4.47. The minimum atomic E-state index is 0.892. The summed E-state index contributed by atoms with van der Waals surface area (Å²) in [6.07, 6.45) is 0.892. The van der Waals surface area contributed by atoms with Crippen molar-refractivity contribution in [2.75, 3.05) is 0 Å². The van der Waals surface area contributed by atoms with E-state index in [-0.39, 0.29) is 0 Å². The van der Waals surface area contributed by atoms with E-state index in [1.807, 2.05) is 6.07 Å². The molecule has 104 valence electrons. The first-order valence-corrected chi connectivity index (χ1v) is 7.55. The first kappa shape index (κ1) is 11.8. The van der Waals surface area contributed by atoms with Gasteiger partial charge in [-0.05, 0) is 17.7 Å². The van der Waals surface area contributed by atoms with Gasteiger partial charge in [-0.15, -0.1) is 0 Å². The van der Waals surface area contributed by atoms with Gasteiger partial charge in [-0.1, -0.05) is 54.6 Å². The van der Waals surface area contributed by atoms with Crippen molar-refractivity contribution in [3.8, 4) is 0 Å². The van der Waals surface area contributed by atoms with Gasteiger partial charge in [-0.2, -0.15) is 0 Å². The van der Waals surface area contributed by atoms with Crippen LogP contribution in [-0.2, 0) is 6.42 Å². The zero-order valence-electron chi connectivity index (χ0n) is 12.0. The average Bonchev–Trinajstić information content (AvgIpc) is 3.16. The Morgan fingerprint density at radius 3 is 2.50 bits per heavy atom. The predicted octanol–water partition coefficient (Wildman–Crippen LogP) is 5.00. The molecule has 0 saturated heterocycles. The molecule has 5 rings (SSSR count). The summed E-state index contributed by atoms with van der Waals surface area (Å²) in [5.74, 6) is 0. The highest BCUT2D eigenvalue weighted by molar-refractivity contribution is 6.14. The van der Waals surface area contributed by atoms with E-state index in [9.17, 15) is 0 Å². The van der Waals surface area contributed by atoms with Crippen LogP contribution >= 0.6 is 0 Å². The number of nitrogens with one attached hydrogen (secondary N) is 1. The zero-order chi connectivity index (χ0) is 14.5. The first-order valence-electron chi connectivity index (χ1n) is 7.55. The SMILES string of the molecule is c1ccc(C2=Nc3ccc4c([nH]c5ccccc54)c3C2)cc1. The van der Waals surface area contributed by atoms with Crippen LogP contribution in [0.1, 0.15) is 11.1 Å². The fourth-order valence-corrected chi connectivity index (χ4v) is 3.40. The number of fused-ring (bicyclic) bond motifs is 5. The van der Waals surface area contributed by atoms with E-state index in [1.54, 1.807) is 0 Å². The fourth-order valence-electron chi connectivity index (χ4n) is 3.40. The number of nitrogens with zero attached hydrogens (tertiary/aromatic N) is 1. The van der Waals surface area contributed by atoms with Crippen LogP contribution in [0.3, 0.4) is 0 Å². The lowest BCUT2D eigenvalue weighted by Crippen LogP contribution is -1.99. The summed E-state index contributed by atoms with van der Waals surface area (Å²) in [7, 11) is 0. The maximum absolute atomic E-state index is 4.84. The molecule has 1 aromatic heterocycles. The van der Waals surface area contributed by atoms with Crippen molar-refractivity contribution in [2.45, 2.75) is 6.42 Å². The topological polar surface area (TPSA) is 28.1 Å². The van der Waals surface area contributed by atoms with Crippen LogP contribution < -0.4 is 0 Å². The fraction of sp³-hybridized carbons (Fsp3) is 0.0500. The van der Waals surface area contributed by atoms with Crippen LogP contribution in [0.15, 0.2) is 71.7 Å². The van der Waals surface area contributed by atoms with Gasteiger partial charge in [-0.3, -0.25) is 4.99 Å². The number of H-pyrrole nitrogens is 1. The van der Waals surface area contributed by atoms with Crippen molar-refractivity contribution in [1.82, 2.24) is 4.98 Å². The first-order chi connectivity index (χ1) is 10.9. The summed E-state index contributed by atoms with van der Waals surface area (Å²) in [5, 5.41) is 2.58. The Kier molecular flexibility index (Phi) is 2.30. The van der Waals surface area contributed by atoms with Crippen molar-refractivity contribution >= 4 is 33.2 Å². The predicted molar refractivity (Wildman–Crippen MR) is 92.1 cm³/mol. The number of rotatable bonds is 1. The van der Waals surface area contributed by atoms with E-state index in [0.29, 0.717) is 0 Å². The highest BCUT2D eigenvalue weighted by Gasteiger charge is 2.20. The number of aromatic amines is 1. The lowest BCUT2D eigenvalue weighted by atomic mass is 10.0.